The van der Waals surface area contributed by atoms with Crippen LogP contribution in [0.15, 0.2) is 27.6 Å². The fraction of sp³-hybridized carbons (Fsp3) is 0.267. The van der Waals surface area contributed by atoms with Gasteiger partial charge >= 0.3 is 5.97 Å². The molecule has 0 atom stereocenters. The molecule has 0 saturated carbocycles. The van der Waals surface area contributed by atoms with Gasteiger partial charge in [0.1, 0.15) is 11.4 Å². The molecule has 0 saturated heterocycles. The summed E-state index contributed by atoms with van der Waals surface area (Å²) < 4.78 is 5.83. The van der Waals surface area contributed by atoms with Crippen molar-refractivity contribution in [3.8, 4) is 11.4 Å². The quantitative estimate of drug-likeness (QED) is 0.863. The van der Waals surface area contributed by atoms with Crippen LogP contribution in [0.3, 0.4) is 0 Å². The normalized spacial score (nSPS) is 10.5. The Balaban J connectivity index is 2.46. The number of rotatable bonds is 3. The lowest BCUT2D eigenvalue weighted by atomic mass is 10.1. The number of H-pyrrole nitrogens is 1. The first-order valence-electron chi connectivity index (χ1n) is 6.47. The molecule has 1 N–H and O–H groups in total. The average Bonchev–Trinajstić information content (AvgIpc) is 2.44. The van der Waals surface area contributed by atoms with Crippen LogP contribution in [0, 0.1) is 13.8 Å². The summed E-state index contributed by atoms with van der Waals surface area (Å²) in [5, 5.41) is 0. The third-order valence-corrected chi connectivity index (χ3v) is 4.26. The van der Waals surface area contributed by atoms with Crippen LogP contribution in [0.5, 0.6) is 0 Å². The molecule has 0 aliphatic carbocycles. The van der Waals surface area contributed by atoms with E-state index in [4.69, 9.17) is 4.74 Å². The van der Waals surface area contributed by atoms with Gasteiger partial charge in [-0.2, -0.15) is 0 Å². The summed E-state index contributed by atoms with van der Waals surface area (Å²) in [6, 6.07) is 3.83. The summed E-state index contributed by atoms with van der Waals surface area (Å²) in [5.41, 5.74) is 2.28. The van der Waals surface area contributed by atoms with Crippen LogP contribution in [0.1, 0.15) is 28.4 Å². The Labute approximate surface area is 130 Å². The first-order valence-corrected chi connectivity index (χ1v) is 7.27. The monoisotopic (exact) mass is 350 g/mol. The van der Waals surface area contributed by atoms with E-state index in [0.29, 0.717) is 5.82 Å². The van der Waals surface area contributed by atoms with E-state index in [9.17, 15) is 9.59 Å². The molecule has 1 aromatic heterocycles. The first kappa shape index (κ1) is 15.4. The SMILES string of the molecule is CCOC(=O)c1cnc(-c2cc(C)c(Br)c(C)c2)[nH]c1=O. The molecule has 0 radical (unpaired) electrons. The minimum atomic E-state index is -0.666. The lowest BCUT2D eigenvalue weighted by molar-refractivity contribution is 0.0524. The number of hydrogen-bond donors (Lipinski definition) is 1. The second kappa shape index (κ2) is 6.22. The van der Waals surface area contributed by atoms with E-state index in [2.05, 4.69) is 25.9 Å². The van der Waals surface area contributed by atoms with Gasteiger partial charge in [-0.05, 0) is 44.0 Å². The Hall–Kier alpha value is -1.95. The van der Waals surface area contributed by atoms with Crippen molar-refractivity contribution in [3.05, 3.63) is 49.8 Å². The molecule has 0 spiro atoms. The van der Waals surface area contributed by atoms with Crippen molar-refractivity contribution >= 4 is 21.9 Å². The smallest absolute Gasteiger partial charge is 0.345 e. The maximum atomic E-state index is 12.0. The molecule has 0 bridgehead atoms. The van der Waals surface area contributed by atoms with E-state index >= 15 is 0 Å². The zero-order valence-electron chi connectivity index (χ0n) is 12.0. The predicted octanol–water partition coefficient (Wildman–Crippen LogP) is 2.99. The van der Waals surface area contributed by atoms with Crippen LogP contribution in [0.4, 0.5) is 0 Å². The molecule has 0 aliphatic heterocycles. The molecule has 5 nitrogen and oxygen atoms in total. The minimum Gasteiger partial charge on any atom is -0.462 e. The van der Waals surface area contributed by atoms with Crippen molar-refractivity contribution in [2.45, 2.75) is 20.8 Å². The number of aryl methyl sites for hydroxylation is 2. The third-order valence-electron chi connectivity index (χ3n) is 3.00. The fourth-order valence-corrected chi connectivity index (χ4v) is 2.21. The molecular weight excluding hydrogens is 336 g/mol. The molecule has 2 rings (SSSR count). The van der Waals surface area contributed by atoms with Crippen molar-refractivity contribution in [1.29, 1.82) is 0 Å². The largest absolute Gasteiger partial charge is 0.462 e. The van der Waals surface area contributed by atoms with Gasteiger partial charge in [-0.3, -0.25) is 4.79 Å². The van der Waals surface area contributed by atoms with Crippen LogP contribution in [0.25, 0.3) is 11.4 Å². The zero-order chi connectivity index (χ0) is 15.6. The van der Waals surface area contributed by atoms with Gasteiger partial charge in [-0.1, -0.05) is 15.9 Å². The highest BCUT2D eigenvalue weighted by molar-refractivity contribution is 9.10. The molecule has 1 aromatic carbocycles. The number of esters is 1. The second-order valence-electron chi connectivity index (χ2n) is 4.62. The Morgan fingerprint density at radius 3 is 2.48 bits per heavy atom. The average molecular weight is 351 g/mol. The topological polar surface area (TPSA) is 72.0 Å². The minimum absolute atomic E-state index is 0.0915. The molecule has 21 heavy (non-hydrogen) atoms. The van der Waals surface area contributed by atoms with Gasteiger partial charge in [-0.15, -0.1) is 0 Å². The Morgan fingerprint density at radius 1 is 1.33 bits per heavy atom. The number of aromatic nitrogens is 2. The molecule has 1 heterocycles. The van der Waals surface area contributed by atoms with E-state index in [1.165, 1.54) is 6.20 Å². The summed E-state index contributed by atoms with van der Waals surface area (Å²) in [5.74, 6) is -0.243. The van der Waals surface area contributed by atoms with Crippen LogP contribution >= 0.6 is 15.9 Å². The summed E-state index contributed by atoms with van der Waals surface area (Å²) >= 11 is 3.49. The summed E-state index contributed by atoms with van der Waals surface area (Å²) in [6.07, 6.45) is 1.25. The Bertz CT molecular complexity index is 730. The standard InChI is InChI=1S/C15H15BrN2O3/c1-4-21-15(20)11-7-17-13(18-14(11)19)10-5-8(2)12(16)9(3)6-10/h5-7H,4H2,1-3H3,(H,17,18,19). The van der Waals surface area contributed by atoms with E-state index in [1.807, 2.05) is 26.0 Å². The summed E-state index contributed by atoms with van der Waals surface area (Å²) in [4.78, 5) is 30.3. The number of aromatic amines is 1. The lowest BCUT2D eigenvalue weighted by Gasteiger charge is -2.08. The second-order valence-corrected chi connectivity index (χ2v) is 5.41. The maximum Gasteiger partial charge on any atom is 0.345 e. The number of nitrogens with zero attached hydrogens (tertiary/aromatic N) is 1. The highest BCUT2D eigenvalue weighted by atomic mass is 79.9. The molecule has 0 unspecified atom stereocenters. The van der Waals surface area contributed by atoms with E-state index in [0.717, 1.165) is 21.2 Å². The highest BCUT2D eigenvalue weighted by Gasteiger charge is 2.14. The molecule has 0 aliphatic rings. The molecule has 0 amide bonds. The van der Waals surface area contributed by atoms with Gasteiger partial charge in [0.05, 0.1) is 6.61 Å². The molecule has 2 aromatic rings. The number of halogens is 1. The van der Waals surface area contributed by atoms with E-state index in [1.54, 1.807) is 6.92 Å². The summed E-state index contributed by atoms with van der Waals surface area (Å²) in [7, 11) is 0. The van der Waals surface area contributed by atoms with Crippen LogP contribution < -0.4 is 5.56 Å². The molecule has 110 valence electrons. The van der Waals surface area contributed by atoms with Gasteiger partial charge in [0.15, 0.2) is 0 Å². The van der Waals surface area contributed by atoms with Crippen LogP contribution in [-0.4, -0.2) is 22.5 Å². The van der Waals surface area contributed by atoms with Crippen molar-refractivity contribution in [1.82, 2.24) is 9.97 Å². The van der Waals surface area contributed by atoms with Crippen molar-refractivity contribution in [2.24, 2.45) is 0 Å². The Morgan fingerprint density at radius 2 is 1.95 bits per heavy atom. The van der Waals surface area contributed by atoms with E-state index < -0.39 is 11.5 Å². The van der Waals surface area contributed by atoms with Gasteiger partial charge < -0.3 is 9.72 Å². The molecular formula is C15H15BrN2O3. The van der Waals surface area contributed by atoms with Crippen LogP contribution in [0.2, 0.25) is 0 Å². The number of carbonyl (C=O) groups is 1. The van der Waals surface area contributed by atoms with Crippen molar-refractivity contribution < 1.29 is 9.53 Å². The van der Waals surface area contributed by atoms with Gasteiger partial charge in [-0.25, -0.2) is 9.78 Å². The molecule has 0 fully saturated rings. The fourth-order valence-electron chi connectivity index (χ4n) is 1.98. The highest BCUT2D eigenvalue weighted by Crippen LogP contribution is 2.26. The van der Waals surface area contributed by atoms with Crippen molar-refractivity contribution in [2.75, 3.05) is 6.61 Å². The Kier molecular flexibility index (Phi) is 4.57. The summed E-state index contributed by atoms with van der Waals surface area (Å²) in [6.45, 7) is 5.82. The van der Waals surface area contributed by atoms with Gasteiger partial charge in [0.25, 0.3) is 5.56 Å². The number of benzene rings is 1. The number of hydrogen-bond acceptors (Lipinski definition) is 4. The first-order chi connectivity index (χ1) is 9.93. The number of nitrogens with one attached hydrogen (secondary N) is 1. The molecule has 6 heteroatoms. The third kappa shape index (κ3) is 3.21. The van der Waals surface area contributed by atoms with Gasteiger partial charge in [0.2, 0.25) is 0 Å². The van der Waals surface area contributed by atoms with Gasteiger partial charge in [0, 0.05) is 16.2 Å². The lowest BCUT2D eigenvalue weighted by Crippen LogP contribution is -2.21. The van der Waals surface area contributed by atoms with Crippen molar-refractivity contribution in [3.63, 3.8) is 0 Å². The number of ether oxygens (including phenoxy) is 1. The van der Waals surface area contributed by atoms with Crippen LogP contribution in [-0.2, 0) is 4.74 Å². The van der Waals surface area contributed by atoms with E-state index in [-0.39, 0.29) is 12.2 Å². The number of carbonyl (C=O) groups excluding carboxylic acids is 1. The zero-order valence-corrected chi connectivity index (χ0v) is 13.6. The maximum absolute atomic E-state index is 12.0. The predicted molar refractivity (Wildman–Crippen MR) is 83.4 cm³/mol.